The van der Waals surface area contributed by atoms with Crippen molar-refractivity contribution in [1.29, 1.82) is 10.5 Å². The van der Waals surface area contributed by atoms with Gasteiger partial charge < -0.3 is 5.73 Å². The molecule has 4 rings (SSSR count). The average Bonchev–Trinajstić information content (AvgIpc) is 2.83. The molecule has 0 saturated heterocycles. The molecule has 2 aromatic carbocycles. The third-order valence-electron chi connectivity index (χ3n) is 5.21. The minimum absolute atomic E-state index is 0.000582. The number of allylic oxidation sites excluding steroid dienone is 2. The third-order valence-corrected chi connectivity index (χ3v) is 6.38. The summed E-state index contributed by atoms with van der Waals surface area (Å²) >= 11 is 0.994. The number of carbonyl (C=O) groups is 1. The maximum Gasteiger partial charge on any atom is 0.270 e. The summed E-state index contributed by atoms with van der Waals surface area (Å²) in [4.78, 5) is 35.6. The molecule has 166 valence electrons. The van der Waals surface area contributed by atoms with E-state index in [1.54, 1.807) is 6.07 Å². The van der Waals surface area contributed by atoms with E-state index in [1.807, 2.05) is 12.1 Å². The molecule has 12 heteroatoms. The van der Waals surface area contributed by atoms with Crippen LogP contribution in [0, 0.1) is 42.9 Å². The number of nitro benzene ring substituents is 2. The third kappa shape index (κ3) is 3.64. The zero-order valence-corrected chi connectivity index (χ0v) is 17.9. The fourth-order valence-corrected chi connectivity index (χ4v) is 4.86. The molecule has 2 aliphatic rings. The monoisotopic (exact) mass is 472 g/mol. The molecule has 11 nitrogen and oxygen atoms in total. The Bertz CT molecular complexity index is 1460. The van der Waals surface area contributed by atoms with Crippen LogP contribution in [0.5, 0.6) is 0 Å². The van der Waals surface area contributed by atoms with E-state index in [9.17, 15) is 35.5 Å². The smallest absolute Gasteiger partial charge is 0.270 e. The highest BCUT2D eigenvalue weighted by atomic mass is 32.2. The number of fused-ring (bicyclic) bond motifs is 1. The Morgan fingerprint density at radius 3 is 2.21 bits per heavy atom. The van der Waals surface area contributed by atoms with Crippen LogP contribution in [0.15, 0.2) is 76.6 Å². The van der Waals surface area contributed by atoms with Crippen molar-refractivity contribution < 1.29 is 14.6 Å². The molecule has 0 bridgehead atoms. The molecule has 1 amide bonds. The van der Waals surface area contributed by atoms with Gasteiger partial charge in [-0.1, -0.05) is 36.0 Å². The Labute approximate surface area is 196 Å². The highest BCUT2D eigenvalue weighted by Gasteiger charge is 2.41. The number of rotatable bonds is 4. The van der Waals surface area contributed by atoms with Crippen molar-refractivity contribution >= 4 is 33.9 Å². The van der Waals surface area contributed by atoms with E-state index in [-0.39, 0.29) is 38.9 Å². The van der Waals surface area contributed by atoms with Gasteiger partial charge in [0, 0.05) is 35.2 Å². The van der Waals surface area contributed by atoms with Crippen molar-refractivity contribution in [3.05, 3.63) is 108 Å². The number of nitrogens with zero attached hydrogens (tertiary/aromatic N) is 5. The topological polar surface area (TPSA) is 180 Å². The number of nitrogens with two attached hydrogens (primary N) is 1. The zero-order valence-electron chi connectivity index (χ0n) is 17.0. The first-order chi connectivity index (χ1) is 16.3. The lowest BCUT2D eigenvalue weighted by Crippen LogP contribution is -2.39. The Kier molecular flexibility index (Phi) is 5.59. The predicted octanol–water partition coefficient (Wildman–Crippen LogP) is 3.65. The summed E-state index contributed by atoms with van der Waals surface area (Å²) in [5.74, 6) is -1.86. The van der Waals surface area contributed by atoms with Gasteiger partial charge in [0.25, 0.3) is 17.3 Å². The molecule has 0 saturated carbocycles. The van der Waals surface area contributed by atoms with Crippen molar-refractivity contribution in [3.63, 3.8) is 0 Å². The average molecular weight is 472 g/mol. The van der Waals surface area contributed by atoms with Crippen LogP contribution in [-0.2, 0) is 4.79 Å². The second kappa shape index (κ2) is 8.54. The molecular weight excluding hydrogens is 460 g/mol. The summed E-state index contributed by atoms with van der Waals surface area (Å²) in [7, 11) is 0. The van der Waals surface area contributed by atoms with Gasteiger partial charge in [-0.2, -0.15) is 10.5 Å². The van der Waals surface area contributed by atoms with Gasteiger partial charge in [0.15, 0.2) is 0 Å². The van der Waals surface area contributed by atoms with Crippen LogP contribution < -0.4 is 5.73 Å². The highest BCUT2D eigenvalue weighted by Crippen LogP contribution is 2.50. The van der Waals surface area contributed by atoms with Crippen LogP contribution >= 0.6 is 11.8 Å². The number of non-ortho nitro benzene ring substituents is 2. The van der Waals surface area contributed by atoms with Crippen LogP contribution in [0.4, 0.5) is 11.4 Å². The van der Waals surface area contributed by atoms with Crippen LogP contribution in [-0.4, -0.2) is 20.7 Å². The van der Waals surface area contributed by atoms with E-state index >= 15 is 0 Å². The number of thioether (sulfide) groups is 1. The van der Waals surface area contributed by atoms with Gasteiger partial charge in [-0.3, -0.25) is 29.9 Å². The van der Waals surface area contributed by atoms with E-state index in [1.165, 1.54) is 48.5 Å². The second-order valence-electron chi connectivity index (χ2n) is 7.12. The number of nitriles is 2. The summed E-state index contributed by atoms with van der Waals surface area (Å²) in [6, 6.07) is 15.1. The number of benzene rings is 2. The van der Waals surface area contributed by atoms with Crippen molar-refractivity contribution in [2.24, 2.45) is 5.73 Å². The minimum atomic E-state index is -1.04. The minimum Gasteiger partial charge on any atom is -0.384 e. The number of carbonyl (C=O) groups excluding carboxylic acids is 1. The summed E-state index contributed by atoms with van der Waals surface area (Å²) < 4.78 is 0. The van der Waals surface area contributed by atoms with Gasteiger partial charge in [-0.25, -0.2) is 0 Å². The standard InChI is InChI=1S/C22H12N6O5S/c23-10-16-20(13-4-2-6-15(8-13)28(32)33)17(11-24)22-26(21(16)25)19(29)9-18(34-22)12-3-1-5-14(7-12)27(30)31/h1-9,20H,25H2. The largest absolute Gasteiger partial charge is 0.384 e. The van der Waals surface area contributed by atoms with Crippen molar-refractivity contribution in [1.82, 2.24) is 4.90 Å². The molecule has 0 radical (unpaired) electrons. The lowest BCUT2D eigenvalue weighted by Gasteiger charge is -2.36. The Hall–Kier alpha value is -4.94. The zero-order chi connectivity index (χ0) is 24.6. The molecule has 34 heavy (non-hydrogen) atoms. The summed E-state index contributed by atoms with van der Waals surface area (Å²) in [5.41, 5.74) is 6.35. The molecule has 2 aliphatic heterocycles. The maximum atomic E-state index is 13.0. The molecule has 2 aromatic rings. The van der Waals surface area contributed by atoms with Crippen LogP contribution in [0.3, 0.4) is 0 Å². The molecule has 1 atom stereocenters. The lowest BCUT2D eigenvalue weighted by molar-refractivity contribution is -0.385. The van der Waals surface area contributed by atoms with E-state index < -0.39 is 21.7 Å². The van der Waals surface area contributed by atoms with Crippen LogP contribution in [0.2, 0.25) is 0 Å². The maximum absolute atomic E-state index is 13.0. The van der Waals surface area contributed by atoms with Gasteiger partial charge in [0.2, 0.25) is 0 Å². The quantitative estimate of drug-likeness (QED) is 0.513. The second-order valence-corrected chi connectivity index (χ2v) is 8.15. The molecule has 1 unspecified atom stereocenters. The van der Waals surface area contributed by atoms with Gasteiger partial charge in [0.05, 0.1) is 39.0 Å². The Morgan fingerprint density at radius 2 is 1.59 bits per heavy atom. The van der Waals surface area contributed by atoms with Gasteiger partial charge in [0.1, 0.15) is 10.9 Å². The van der Waals surface area contributed by atoms with Crippen molar-refractivity contribution in [3.8, 4) is 12.1 Å². The van der Waals surface area contributed by atoms with Gasteiger partial charge in [-0.15, -0.1) is 0 Å². The van der Waals surface area contributed by atoms with E-state index in [0.717, 1.165) is 16.7 Å². The SMILES string of the molecule is N#CC1=C(N)N2C(=O)C=C(c3cccc([N+](=O)[O-])c3)SC2=C(C#N)C1c1cccc([N+](=O)[O-])c1. The van der Waals surface area contributed by atoms with E-state index in [0.29, 0.717) is 10.5 Å². The molecule has 0 spiro atoms. The first-order valence-electron chi connectivity index (χ1n) is 9.53. The molecule has 2 N–H and O–H groups in total. The Balaban J connectivity index is 1.90. The van der Waals surface area contributed by atoms with Crippen molar-refractivity contribution in [2.75, 3.05) is 0 Å². The predicted molar refractivity (Wildman–Crippen MR) is 121 cm³/mol. The molecule has 2 heterocycles. The van der Waals surface area contributed by atoms with Gasteiger partial charge >= 0.3 is 0 Å². The molecular formula is C22H12N6O5S. The number of amides is 1. The summed E-state index contributed by atoms with van der Waals surface area (Å²) in [6.07, 6.45) is 1.22. The van der Waals surface area contributed by atoms with Crippen LogP contribution in [0.1, 0.15) is 17.0 Å². The number of hydrogen-bond donors (Lipinski definition) is 1. The fourth-order valence-electron chi connectivity index (χ4n) is 3.70. The fraction of sp³-hybridized carbons (Fsp3) is 0.0455. The first kappa shape index (κ1) is 22.3. The van der Waals surface area contributed by atoms with Crippen molar-refractivity contribution in [2.45, 2.75) is 5.92 Å². The van der Waals surface area contributed by atoms with E-state index in [4.69, 9.17) is 5.73 Å². The lowest BCUT2D eigenvalue weighted by atomic mass is 9.83. The highest BCUT2D eigenvalue weighted by molar-refractivity contribution is 8.11. The summed E-state index contributed by atoms with van der Waals surface area (Å²) in [5, 5.41) is 42.4. The van der Waals surface area contributed by atoms with Crippen LogP contribution in [0.25, 0.3) is 4.91 Å². The summed E-state index contributed by atoms with van der Waals surface area (Å²) in [6.45, 7) is 0. The molecule has 0 fully saturated rings. The number of hydrogen-bond acceptors (Lipinski definition) is 9. The Morgan fingerprint density at radius 1 is 0.971 bits per heavy atom. The van der Waals surface area contributed by atoms with Gasteiger partial charge in [-0.05, 0) is 11.1 Å². The first-order valence-corrected chi connectivity index (χ1v) is 10.3. The number of nitro groups is 2. The normalized spacial score (nSPS) is 17.5. The van der Waals surface area contributed by atoms with E-state index in [2.05, 4.69) is 0 Å². The molecule has 0 aromatic heterocycles. The molecule has 0 aliphatic carbocycles.